The maximum Gasteiger partial charge on any atom is 0.104 e. The summed E-state index contributed by atoms with van der Waals surface area (Å²) in [6, 6.07) is 0. The summed E-state index contributed by atoms with van der Waals surface area (Å²) in [7, 11) is 1.76. The number of ether oxygens (including phenoxy) is 2. The molecule has 1 heterocycles. The Labute approximate surface area is 105 Å². The molecular weight excluding hydrogens is 214 g/mol. The first-order valence-corrected chi connectivity index (χ1v) is 7.05. The van der Waals surface area contributed by atoms with Crippen molar-refractivity contribution in [3.05, 3.63) is 0 Å². The minimum Gasteiger partial charge on any atom is -0.379 e. The van der Waals surface area contributed by atoms with E-state index >= 15 is 0 Å². The number of rotatable bonds is 4. The first-order chi connectivity index (χ1) is 8.14. The van der Waals surface area contributed by atoms with Crippen LogP contribution in [0.15, 0.2) is 0 Å². The molecule has 3 nitrogen and oxygen atoms in total. The van der Waals surface area contributed by atoms with Crippen molar-refractivity contribution in [3.8, 4) is 0 Å². The van der Waals surface area contributed by atoms with Gasteiger partial charge in [-0.25, -0.2) is 0 Å². The Balaban J connectivity index is 1.87. The fraction of sp³-hybridized carbons (Fsp3) is 1.00. The molecule has 0 aromatic carbocycles. The average Bonchev–Trinajstić information content (AvgIpc) is 2.81. The third kappa shape index (κ3) is 3.21. The molecule has 100 valence electrons. The van der Waals surface area contributed by atoms with Crippen molar-refractivity contribution in [2.24, 2.45) is 5.92 Å². The van der Waals surface area contributed by atoms with Crippen molar-refractivity contribution in [2.75, 3.05) is 20.2 Å². The molecular formula is C14H27NO2. The third-order valence-corrected chi connectivity index (χ3v) is 4.57. The SMILES string of the molecule is COC(C)C1(C)CNCC(CC2CCCC2)O1. The van der Waals surface area contributed by atoms with Crippen LogP contribution in [-0.4, -0.2) is 38.0 Å². The zero-order valence-electron chi connectivity index (χ0n) is 11.5. The molecule has 0 amide bonds. The maximum atomic E-state index is 6.30. The van der Waals surface area contributed by atoms with Gasteiger partial charge in [0.15, 0.2) is 0 Å². The molecule has 1 saturated carbocycles. The van der Waals surface area contributed by atoms with Gasteiger partial charge in [0.2, 0.25) is 0 Å². The van der Waals surface area contributed by atoms with Crippen LogP contribution < -0.4 is 5.32 Å². The highest BCUT2D eigenvalue weighted by Gasteiger charge is 2.38. The minimum absolute atomic E-state index is 0.140. The van der Waals surface area contributed by atoms with Crippen molar-refractivity contribution < 1.29 is 9.47 Å². The number of hydrogen-bond donors (Lipinski definition) is 1. The molecule has 0 spiro atoms. The Bertz CT molecular complexity index is 240. The standard InChI is InChI=1S/C14H27NO2/c1-11(16-3)14(2)10-15-9-13(17-14)8-12-6-4-5-7-12/h11-13,15H,4-10H2,1-3H3. The van der Waals surface area contributed by atoms with Gasteiger partial charge in [-0.15, -0.1) is 0 Å². The van der Waals surface area contributed by atoms with Crippen LogP contribution in [0.5, 0.6) is 0 Å². The largest absolute Gasteiger partial charge is 0.379 e. The maximum absolute atomic E-state index is 6.30. The molecule has 2 rings (SSSR count). The average molecular weight is 241 g/mol. The Morgan fingerprint density at radius 3 is 2.76 bits per heavy atom. The fourth-order valence-corrected chi connectivity index (χ4v) is 3.18. The van der Waals surface area contributed by atoms with Crippen LogP contribution in [0.3, 0.4) is 0 Å². The smallest absolute Gasteiger partial charge is 0.104 e. The molecule has 0 aromatic rings. The summed E-state index contributed by atoms with van der Waals surface area (Å²) >= 11 is 0. The normalized spacial score (nSPS) is 37.2. The summed E-state index contributed by atoms with van der Waals surface area (Å²) in [6.07, 6.45) is 7.36. The Hall–Kier alpha value is -0.120. The van der Waals surface area contributed by atoms with E-state index in [4.69, 9.17) is 9.47 Å². The van der Waals surface area contributed by atoms with E-state index in [9.17, 15) is 0 Å². The van der Waals surface area contributed by atoms with Crippen LogP contribution in [0.1, 0.15) is 46.0 Å². The van der Waals surface area contributed by atoms with Crippen molar-refractivity contribution in [2.45, 2.75) is 63.8 Å². The Morgan fingerprint density at radius 1 is 1.41 bits per heavy atom. The molecule has 0 bridgehead atoms. The van der Waals surface area contributed by atoms with Gasteiger partial charge in [0.05, 0.1) is 12.2 Å². The summed E-state index contributed by atoms with van der Waals surface area (Å²) in [4.78, 5) is 0. The number of nitrogens with one attached hydrogen (secondary N) is 1. The van der Waals surface area contributed by atoms with Gasteiger partial charge in [-0.1, -0.05) is 25.7 Å². The molecule has 17 heavy (non-hydrogen) atoms. The van der Waals surface area contributed by atoms with Crippen molar-refractivity contribution >= 4 is 0 Å². The molecule has 1 aliphatic carbocycles. The number of methoxy groups -OCH3 is 1. The molecule has 2 aliphatic rings. The lowest BCUT2D eigenvalue weighted by Gasteiger charge is -2.43. The summed E-state index contributed by atoms with van der Waals surface area (Å²) in [6.45, 7) is 6.15. The third-order valence-electron chi connectivity index (χ3n) is 4.57. The van der Waals surface area contributed by atoms with Gasteiger partial charge in [-0.3, -0.25) is 0 Å². The van der Waals surface area contributed by atoms with Gasteiger partial charge in [0.1, 0.15) is 5.60 Å². The van der Waals surface area contributed by atoms with E-state index in [1.807, 2.05) is 0 Å². The lowest BCUT2D eigenvalue weighted by Crippen LogP contribution is -2.58. The Morgan fingerprint density at radius 2 is 2.12 bits per heavy atom. The number of hydrogen-bond acceptors (Lipinski definition) is 3. The van der Waals surface area contributed by atoms with Crippen LogP contribution >= 0.6 is 0 Å². The lowest BCUT2D eigenvalue weighted by molar-refractivity contribution is -0.169. The minimum atomic E-state index is -0.170. The van der Waals surface area contributed by atoms with E-state index in [-0.39, 0.29) is 11.7 Å². The molecule has 3 atom stereocenters. The van der Waals surface area contributed by atoms with Crippen LogP contribution in [0.25, 0.3) is 0 Å². The van der Waals surface area contributed by atoms with Gasteiger partial charge in [-0.05, 0) is 26.2 Å². The second-order valence-electron chi connectivity index (χ2n) is 5.95. The molecule has 0 aromatic heterocycles. The predicted molar refractivity (Wildman–Crippen MR) is 69.2 cm³/mol. The van der Waals surface area contributed by atoms with E-state index < -0.39 is 0 Å². The van der Waals surface area contributed by atoms with Crippen molar-refractivity contribution in [1.82, 2.24) is 5.32 Å². The van der Waals surface area contributed by atoms with E-state index in [1.165, 1.54) is 32.1 Å². The van der Waals surface area contributed by atoms with Crippen LogP contribution in [0.4, 0.5) is 0 Å². The fourth-order valence-electron chi connectivity index (χ4n) is 3.18. The van der Waals surface area contributed by atoms with Crippen LogP contribution in [0, 0.1) is 5.92 Å². The zero-order chi connectivity index (χ0) is 12.3. The van der Waals surface area contributed by atoms with Gasteiger partial charge < -0.3 is 14.8 Å². The first kappa shape index (κ1) is 13.3. The molecule has 3 heteroatoms. The van der Waals surface area contributed by atoms with E-state index in [2.05, 4.69) is 19.2 Å². The second kappa shape index (κ2) is 5.68. The highest BCUT2D eigenvalue weighted by Crippen LogP contribution is 2.32. The van der Waals surface area contributed by atoms with Gasteiger partial charge >= 0.3 is 0 Å². The van der Waals surface area contributed by atoms with Crippen molar-refractivity contribution in [3.63, 3.8) is 0 Å². The summed E-state index contributed by atoms with van der Waals surface area (Å²) in [5.74, 6) is 0.891. The van der Waals surface area contributed by atoms with Crippen LogP contribution in [0.2, 0.25) is 0 Å². The number of morpholine rings is 1. The van der Waals surface area contributed by atoms with Gasteiger partial charge in [0, 0.05) is 20.2 Å². The summed E-state index contributed by atoms with van der Waals surface area (Å²) in [5.41, 5.74) is -0.170. The van der Waals surface area contributed by atoms with Gasteiger partial charge in [0.25, 0.3) is 0 Å². The second-order valence-corrected chi connectivity index (χ2v) is 5.95. The lowest BCUT2D eigenvalue weighted by atomic mass is 9.94. The Kier molecular flexibility index (Phi) is 4.45. The molecule has 0 radical (unpaired) electrons. The molecule has 1 saturated heterocycles. The highest BCUT2D eigenvalue weighted by molar-refractivity contribution is 4.91. The molecule has 1 N–H and O–H groups in total. The van der Waals surface area contributed by atoms with Crippen LogP contribution in [-0.2, 0) is 9.47 Å². The van der Waals surface area contributed by atoms with E-state index in [1.54, 1.807) is 7.11 Å². The first-order valence-electron chi connectivity index (χ1n) is 7.05. The summed E-state index contributed by atoms with van der Waals surface area (Å²) < 4.78 is 11.7. The van der Waals surface area contributed by atoms with E-state index in [0.717, 1.165) is 19.0 Å². The van der Waals surface area contributed by atoms with Gasteiger partial charge in [-0.2, -0.15) is 0 Å². The monoisotopic (exact) mass is 241 g/mol. The van der Waals surface area contributed by atoms with E-state index in [0.29, 0.717) is 6.10 Å². The quantitative estimate of drug-likeness (QED) is 0.819. The molecule has 3 unspecified atom stereocenters. The zero-order valence-corrected chi connectivity index (χ0v) is 11.5. The summed E-state index contributed by atoms with van der Waals surface area (Å²) in [5, 5.41) is 3.51. The van der Waals surface area contributed by atoms with Crippen molar-refractivity contribution in [1.29, 1.82) is 0 Å². The molecule has 1 aliphatic heterocycles. The molecule has 2 fully saturated rings. The predicted octanol–water partition coefficient (Wildman–Crippen LogP) is 2.35. The topological polar surface area (TPSA) is 30.5 Å². The highest BCUT2D eigenvalue weighted by atomic mass is 16.6.